The van der Waals surface area contributed by atoms with Gasteiger partial charge in [0.2, 0.25) is 4.96 Å². The third-order valence-electron chi connectivity index (χ3n) is 3.94. The fraction of sp³-hybridized carbons (Fsp3) is 0.667. The average molecular weight is 280 g/mol. The SMILES string of the molecule is Cc1nnc2sc(CC3(C(=O)O)CCCCC3)nn12. The lowest BCUT2D eigenvalue weighted by Crippen LogP contribution is -2.35. The van der Waals surface area contributed by atoms with Crippen molar-refractivity contribution in [3.63, 3.8) is 0 Å². The van der Waals surface area contributed by atoms with E-state index in [4.69, 9.17) is 0 Å². The smallest absolute Gasteiger partial charge is 0.310 e. The normalized spacial score (nSPS) is 18.8. The van der Waals surface area contributed by atoms with E-state index in [1.54, 1.807) is 4.52 Å². The van der Waals surface area contributed by atoms with Crippen LogP contribution in [0.1, 0.15) is 42.9 Å². The van der Waals surface area contributed by atoms with Gasteiger partial charge in [-0.05, 0) is 19.8 Å². The Labute approximate surface area is 114 Å². The van der Waals surface area contributed by atoms with Crippen LogP contribution in [0.3, 0.4) is 0 Å². The Kier molecular flexibility index (Phi) is 3.00. The zero-order valence-electron chi connectivity index (χ0n) is 10.8. The highest BCUT2D eigenvalue weighted by atomic mass is 32.1. The van der Waals surface area contributed by atoms with Crippen molar-refractivity contribution in [1.82, 2.24) is 19.8 Å². The summed E-state index contributed by atoms with van der Waals surface area (Å²) >= 11 is 1.44. The zero-order valence-corrected chi connectivity index (χ0v) is 11.6. The molecule has 102 valence electrons. The van der Waals surface area contributed by atoms with Gasteiger partial charge in [-0.3, -0.25) is 4.79 Å². The van der Waals surface area contributed by atoms with Gasteiger partial charge < -0.3 is 5.11 Å². The fourth-order valence-corrected chi connectivity index (χ4v) is 3.83. The van der Waals surface area contributed by atoms with Crippen LogP contribution in [-0.4, -0.2) is 30.9 Å². The molecule has 19 heavy (non-hydrogen) atoms. The van der Waals surface area contributed by atoms with E-state index in [9.17, 15) is 9.90 Å². The number of hydrogen-bond donors (Lipinski definition) is 1. The Bertz CT molecular complexity index is 612. The number of fused-ring (bicyclic) bond motifs is 1. The number of nitrogens with zero attached hydrogens (tertiary/aromatic N) is 4. The van der Waals surface area contributed by atoms with Crippen LogP contribution in [-0.2, 0) is 11.2 Å². The largest absolute Gasteiger partial charge is 0.481 e. The summed E-state index contributed by atoms with van der Waals surface area (Å²) in [6.45, 7) is 1.84. The van der Waals surface area contributed by atoms with Crippen LogP contribution < -0.4 is 0 Å². The first-order valence-corrected chi connectivity index (χ1v) is 7.33. The predicted octanol–water partition coefficient (Wildman–Crippen LogP) is 2.07. The van der Waals surface area contributed by atoms with Crippen LogP contribution in [0.4, 0.5) is 0 Å². The summed E-state index contributed by atoms with van der Waals surface area (Å²) in [4.78, 5) is 12.4. The second-order valence-corrected chi connectivity index (χ2v) is 6.30. The Balaban J connectivity index is 1.90. The molecule has 0 saturated heterocycles. The summed E-state index contributed by atoms with van der Waals surface area (Å²) in [7, 11) is 0. The van der Waals surface area contributed by atoms with Gasteiger partial charge >= 0.3 is 5.97 Å². The van der Waals surface area contributed by atoms with E-state index in [0.29, 0.717) is 6.42 Å². The van der Waals surface area contributed by atoms with E-state index in [2.05, 4.69) is 15.3 Å². The molecule has 0 spiro atoms. The maximum Gasteiger partial charge on any atom is 0.310 e. The molecule has 1 fully saturated rings. The number of hydrogen-bond acceptors (Lipinski definition) is 5. The molecule has 0 unspecified atom stereocenters. The van der Waals surface area contributed by atoms with Crippen LogP contribution in [0, 0.1) is 12.3 Å². The molecular weight excluding hydrogens is 264 g/mol. The number of carboxylic acid groups (broad SMARTS) is 1. The molecule has 0 aromatic carbocycles. The number of aryl methyl sites for hydroxylation is 1. The summed E-state index contributed by atoms with van der Waals surface area (Å²) in [6.07, 6.45) is 5.14. The molecule has 1 aliphatic rings. The molecule has 2 heterocycles. The van der Waals surface area contributed by atoms with Crippen LogP contribution >= 0.6 is 11.3 Å². The summed E-state index contributed by atoms with van der Waals surface area (Å²) in [5.41, 5.74) is -0.630. The summed E-state index contributed by atoms with van der Waals surface area (Å²) in [5, 5.41) is 22.8. The third kappa shape index (κ3) is 2.11. The highest BCUT2D eigenvalue weighted by Gasteiger charge is 2.40. The number of aromatic nitrogens is 4. The maximum absolute atomic E-state index is 11.6. The lowest BCUT2D eigenvalue weighted by molar-refractivity contribution is -0.151. The summed E-state index contributed by atoms with van der Waals surface area (Å²) in [5.74, 6) is 0.0559. The molecule has 3 rings (SSSR count). The second-order valence-electron chi connectivity index (χ2n) is 5.26. The van der Waals surface area contributed by atoms with Gasteiger partial charge in [0.1, 0.15) is 5.01 Å². The molecule has 0 amide bonds. The summed E-state index contributed by atoms with van der Waals surface area (Å²) in [6, 6.07) is 0. The maximum atomic E-state index is 11.6. The van der Waals surface area contributed by atoms with Crippen LogP contribution in [0.25, 0.3) is 4.96 Å². The molecule has 2 aromatic rings. The topological polar surface area (TPSA) is 80.4 Å². The monoisotopic (exact) mass is 280 g/mol. The van der Waals surface area contributed by atoms with Crippen molar-refractivity contribution in [3.8, 4) is 0 Å². The van der Waals surface area contributed by atoms with E-state index >= 15 is 0 Å². The van der Waals surface area contributed by atoms with Crippen molar-refractivity contribution in [2.24, 2.45) is 5.41 Å². The van der Waals surface area contributed by atoms with Crippen molar-refractivity contribution in [1.29, 1.82) is 0 Å². The summed E-state index contributed by atoms with van der Waals surface area (Å²) < 4.78 is 1.69. The lowest BCUT2D eigenvalue weighted by atomic mass is 9.72. The van der Waals surface area contributed by atoms with Crippen LogP contribution in [0.2, 0.25) is 0 Å². The fourth-order valence-electron chi connectivity index (χ4n) is 2.81. The quantitative estimate of drug-likeness (QED) is 0.931. The Morgan fingerprint density at radius 1 is 1.37 bits per heavy atom. The van der Waals surface area contributed by atoms with Gasteiger partial charge in [0.15, 0.2) is 5.82 Å². The van der Waals surface area contributed by atoms with E-state index in [1.165, 1.54) is 11.3 Å². The molecular formula is C12H16N4O2S. The molecule has 7 heteroatoms. The first kappa shape index (κ1) is 12.5. The minimum absolute atomic E-state index is 0.510. The predicted molar refractivity (Wildman–Crippen MR) is 70.3 cm³/mol. The zero-order chi connectivity index (χ0) is 13.5. The molecule has 6 nitrogen and oxygen atoms in total. The van der Waals surface area contributed by atoms with Crippen LogP contribution in [0.5, 0.6) is 0 Å². The van der Waals surface area contributed by atoms with Gasteiger partial charge in [-0.1, -0.05) is 30.6 Å². The minimum Gasteiger partial charge on any atom is -0.481 e. The molecule has 0 atom stereocenters. The van der Waals surface area contributed by atoms with Crippen molar-refractivity contribution in [3.05, 3.63) is 10.8 Å². The highest BCUT2D eigenvalue weighted by Crippen LogP contribution is 2.40. The minimum atomic E-state index is -0.685. The van der Waals surface area contributed by atoms with E-state index in [1.807, 2.05) is 6.92 Å². The number of rotatable bonds is 3. The van der Waals surface area contributed by atoms with Gasteiger partial charge in [0.05, 0.1) is 5.41 Å². The second kappa shape index (κ2) is 4.56. The van der Waals surface area contributed by atoms with Crippen molar-refractivity contribution < 1.29 is 9.90 Å². The molecule has 1 aliphatic carbocycles. The first-order chi connectivity index (χ1) is 9.11. The van der Waals surface area contributed by atoms with Crippen molar-refractivity contribution in [2.45, 2.75) is 45.4 Å². The molecule has 1 N–H and O–H groups in total. The first-order valence-electron chi connectivity index (χ1n) is 6.52. The molecule has 0 aliphatic heterocycles. The Hall–Kier alpha value is -1.50. The number of carbonyl (C=O) groups is 1. The van der Waals surface area contributed by atoms with E-state index < -0.39 is 11.4 Å². The number of carboxylic acids is 1. The Morgan fingerprint density at radius 3 is 2.74 bits per heavy atom. The molecule has 0 radical (unpaired) electrons. The van der Waals surface area contributed by atoms with Gasteiger partial charge in [-0.15, -0.1) is 10.2 Å². The molecule has 0 bridgehead atoms. The Morgan fingerprint density at radius 2 is 2.11 bits per heavy atom. The van der Waals surface area contributed by atoms with Gasteiger partial charge in [-0.2, -0.15) is 9.61 Å². The van der Waals surface area contributed by atoms with Gasteiger partial charge in [0.25, 0.3) is 0 Å². The third-order valence-corrected chi connectivity index (χ3v) is 4.84. The van der Waals surface area contributed by atoms with E-state index in [-0.39, 0.29) is 0 Å². The number of aliphatic carboxylic acids is 1. The molecule has 2 aromatic heterocycles. The van der Waals surface area contributed by atoms with Crippen molar-refractivity contribution >= 4 is 22.3 Å². The average Bonchev–Trinajstić information content (AvgIpc) is 2.93. The van der Waals surface area contributed by atoms with E-state index in [0.717, 1.165) is 47.9 Å². The highest BCUT2D eigenvalue weighted by molar-refractivity contribution is 7.16. The lowest BCUT2D eigenvalue weighted by Gasteiger charge is -2.32. The van der Waals surface area contributed by atoms with Gasteiger partial charge in [0, 0.05) is 6.42 Å². The van der Waals surface area contributed by atoms with Gasteiger partial charge in [-0.25, -0.2) is 0 Å². The van der Waals surface area contributed by atoms with Crippen molar-refractivity contribution in [2.75, 3.05) is 0 Å². The van der Waals surface area contributed by atoms with Crippen LogP contribution in [0.15, 0.2) is 0 Å². The standard InChI is InChI=1S/C12H16N4O2S/c1-8-13-14-11-16(8)15-9(19-11)7-12(10(17)18)5-3-2-4-6-12/h2-7H2,1H3,(H,17,18). The molecule has 1 saturated carbocycles.